The number of aromatic nitrogens is 2. The van der Waals surface area contributed by atoms with Crippen LogP contribution >= 0.6 is 0 Å². The van der Waals surface area contributed by atoms with Gasteiger partial charge in [0.05, 0.1) is 19.7 Å². The van der Waals surface area contributed by atoms with Crippen LogP contribution in [0.1, 0.15) is 35.8 Å². The number of hydrogen-bond acceptors (Lipinski definition) is 5. The largest absolute Gasteiger partial charge is 0.496 e. The molecule has 150 valence electrons. The zero-order valence-corrected chi connectivity index (χ0v) is 17.1. The minimum atomic E-state index is 0.0650. The van der Waals surface area contributed by atoms with Crippen LogP contribution in [0.25, 0.3) is 10.8 Å². The van der Waals surface area contributed by atoms with Crippen molar-refractivity contribution in [3.8, 4) is 5.75 Å². The van der Waals surface area contributed by atoms with E-state index in [9.17, 15) is 4.79 Å². The number of aryl methyl sites for hydroxylation is 2. The Hall–Kier alpha value is -3.15. The topological polar surface area (TPSA) is 67.3 Å². The summed E-state index contributed by atoms with van der Waals surface area (Å²) < 4.78 is 5.52. The lowest BCUT2D eigenvalue weighted by Crippen LogP contribution is -2.35. The number of hydrogen-bond donors (Lipinski definition) is 1. The van der Waals surface area contributed by atoms with Gasteiger partial charge in [-0.1, -0.05) is 30.3 Å². The molecule has 0 bridgehead atoms. The van der Waals surface area contributed by atoms with Gasteiger partial charge in [0.1, 0.15) is 5.75 Å². The molecule has 1 unspecified atom stereocenters. The molecule has 0 spiro atoms. The Morgan fingerprint density at radius 3 is 2.59 bits per heavy atom. The molecule has 1 N–H and O–H groups in total. The zero-order chi connectivity index (χ0) is 20.4. The number of carbonyl (C=O) groups excluding carboxylic acids is 1. The van der Waals surface area contributed by atoms with Gasteiger partial charge in [0.2, 0.25) is 11.9 Å². The maximum Gasteiger partial charge on any atom is 0.242 e. The Bertz CT molecular complexity index is 1030. The van der Waals surface area contributed by atoms with Gasteiger partial charge in [0.25, 0.3) is 0 Å². The maximum absolute atomic E-state index is 13.0. The van der Waals surface area contributed by atoms with Crippen molar-refractivity contribution >= 4 is 22.6 Å². The Morgan fingerprint density at radius 2 is 1.86 bits per heavy atom. The van der Waals surface area contributed by atoms with Crippen molar-refractivity contribution < 1.29 is 9.53 Å². The number of methoxy groups -OCH3 is 1. The fraction of sp³-hybridized carbons (Fsp3) is 0.348. The first-order valence-corrected chi connectivity index (χ1v) is 9.98. The summed E-state index contributed by atoms with van der Waals surface area (Å²) in [4.78, 5) is 23.7. The van der Waals surface area contributed by atoms with Gasteiger partial charge in [-0.2, -0.15) is 0 Å². The molecule has 3 aromatic rings. The summed E-state index contributed by atoms with van der Waals surface area (Å²) in [6, 6.07) is 14.3. The number of nitrogens with one attached hydrogen (secondary N) is 1. The van der Waals surface area contributed by atoms with Crippen LogP contribution in [0.2, 0.25) is 0 Å². The summed E-state index contributed by atoms with van der Waals surface area (Å²) in [6.45, 7) is 4.80. The molecule has 2 heterocycles. The Labute approximate surface area is 170 Å². The Kier molecular flexibility index (Phi) is 5.34. The maximum atomic E-state index is 13.0. The molecule has 1 atom stereocenters. The highest BCUT2D eigenvalue weighted by molar-refractivity contribution is 5.92. The second kappa shape index (κ2) is 8.07. The van der Waals surface area contributed by atoms with E-state index >= 15 is 0 Å². The van der Waals surface area contributed by atoms with Crippen molar-refractivity contribution in [1.82, 2.24) is 14.9 Å². The third-order valence-corrected chi connectivity index (χ3v) is 5.45. The SMILES string of the molecule is COc1ccc(C2CCCN2C(=O)CNc2nc(C)cc(C)n2)c2ccccc12. The molecule has 6 nitrogen and oxygen atoms in total. The number of carbonyl (C=O) groups is 1. The van der Waals surface area contributed by atoms with Gasteiger partial charge in [0, 0.05) is 23.3 Å². The second-order valence-electron chi connectivity index (χ2n) is 7.48. The number of rotatable bonds is 5. The van der Waals surface area contributed by atoms with E-state index in [1.165, 1.54) is 5.56 Å². The summed E-state index contributed by atoms with van der Waals surface area (Å²) >= 11 is 0. The van der Waals surface area contributed by atoms with Gasteiger partial charge >= 0.3 is 0 Å². The molecule has 29 heavy (non-hydrogen) atoms. The first-order chi connectivity index (χ1) is 14.1. The number of nitrogens with zero attached hydrogens (tertiary/aromatic N) is 3. The van der Waals surface area contributed by atoms with E-state index in [0.29, 0.717) is 5.95 Å². The number of ether oxygens (including phenoxy) is 1. The van der Waals surface area contributed by atoms with Gasteiger partial charge in [-0.3, -0.25) is 4.79 Å². The van der Waals surface area contributed by atoms with E-state index in [0.717, 1.165) is 47.3 Å². The normalized spacial score (nSPS) is 16.2. The van der Waals surface area contributed by atoms with Crippen LogP contribution in [0, 0.1) is 13.8 Å². The summed E-state index contributed by atoms with van der Waals surface area (Å²) in [6.07, 6.45) is 1.96. The summed E-state index contributed by atoms with van der Waals surface area (Å²) in [7, 11) is 1.69. The highest BCUT2D eigenvalue weighted by Gasteiger charge is 2.31. The predicted octanol–water partition coefficient (Wildman–Crippen LogP) is 4.03. The quantitative estimate of drug-likeness (QED) is 0.712. The highest BCUT2D eigenvalue weighted by atomic mass is 16.5. The Morgan fingerprint density at radius 1 is 1.14 bits per heavy atom. The highest BCUT2D eigenvalue weighted by Crippen LogP contribution is 2.38. The number of benzene rings is 2. The molecular formula is C23H26N4O2. The van der Waals surface area contributed by atoms with Crippen LogP contribution in [0.15, 0.2) is 42.5 Å². The van der Waals surface area contributed by atoms with E-state index in [1.54, 1.807) is 7.11 Å². The van der Waals surface area contributed by atoms with Crippen molar-refractivity contribution in [3.63, 3.8) is 0 Å². The van der Waals surface area contributed by atoms with Gasteiger partial charge < -0.3 is 15.0 Å². The molecule has 1 amide bonds. The van der Waals surface area contributed by atoms with Gasteiger partial charge in [-0.05, 0) is 49.8 Å². The molecule has 1 aromatic heterocycles. The molecule has 0 radical (unpaired) electrons. The van der Waals surface area contributed by atoms with E-state index in [4.69, 9.17) is 4.74 Å². The van der Waals surface area contributed by atoms with Crippen LogP contribution in [0.5, 0.6) is 5.75 Å². The number of likely N-dealkylation sites (tertiary alicyclic amines) is 1. The smallest absolute Gasteiger partial charge is 0.242 e. The molecule has 0 aliphatic carbocycles. The predicted molar refractivity (Wildman–Crippen MR) is 114 cm³/mol. The van der Waals surface area contributed by atoms with E-state index in [2.05, 4.69) is 33.5 Å². The van der Waals surface area contributed by atoms with Gasteiger partial charge in [-0.15, -0.1) is 0 Å². The van der Waals surface area contributed by atoms with Gasteiger partial charge in [0.15, 0.2) is 0 Å². The second-order valence-corrected chi connectivity index (χ2v) is 7.48. The molecule has 1 aliphatic rings. The Balaban J connectivity index is 1.56. The number of amides is 1. The van der Waals surface area contributed by atoms with Crippen molar-refractivity contribution in [2.45, 2.75) is 32.7 Å². The fourth-order valence-corrected chi connectivity index (χ4v) is 4.21. The minimum Gasteiger partial charge on any atom is -0.496 e. The average Bonchev–Trinajstić information content (AvgIpc) is 3.20. The van der Waals surface area contributed by atoms with Crippen molar-refractivity contribution in [2.24, 2.45) is 0 Å². The first kappa shape index (κ1) is 19.2. The van der Waals surface area contributed by atoms with Crippen LogP contribution in [-0.4, -0.2) is 41.0 Å². The van der Waals surface area contributed by atoms with Crippen LogP contribution in [0.4, 0.5) is 5.95 Å². The molecule has 0 saturated carbocycles. The lowest BCUT2D eigenvalue weighted by Gasteiger charge is -2.26. The van der Waals surface area contributed by atoms with Crippen molar-refractivity contribution in [1.29, 1.82) is 0 Å². The van der Waals surface area contributed by atoms with Crippen LogP contribution in [0.3, 0.4) is 0 Å². The molecule has 1 saturated heterocycles. The van der Waals surface area contributed by atoms with E-state index in [-0.39, 0.29) is 18.5 Å². The monoisotopic (exact) mass is 390 g/mol. The third kappa shape index (κ3) is 3.88. The van der Waals surface area contributed by atoms with Gasteiger partial charge in [-0.25, -0.2) is 9.97 Å². The molecule has 4 rings (SSSR count). The van der Waals surface area contributed by atoms with Crippen molar-refractivity contribution in [3.05, 3.63) is 59.4 Å². The standard InChI is InChI=1S/C23H26N4O2/c1-15-13-16(2)26-23(25-15)24-14-22(28)27-12-6-9-20(27)18-10-11-21(29-3)19-8-5-4-7-17(18)19/h4-5,7-8,10-11,13,20H,6,9,12,14H2,1-3H3,(H,24,25,26). The summed E-state index contributed by atoms with van der Waals surface area (Å²) in [5, 5.41) is 5.32. The molecule has 2 aromatic carbocycles. The van der Waals surface area contributed by atoms with Crippen molar-refractivity contribution in [2.75, 3.05) is 25.5 Å². The first-order valence-electron chi connectivity index (χ1n) is 9.98. The fourth-order valence-electron chi connectivity index (χ4n) is 4.21. The molecular weight excluding hydrogens is 364 g/mol. The third-order valence-electron chi connectivity index (χ3n) is 5.45. The lowest BCUT2D eigenvalue weighted by molar-refractivity contribution is -0.130. The lowest BCUT2D eigenvalue weighted by atomic mass is 9.96. The van der Waals surface area contributed by atoms with E-state index in [1.807, 2.05) is 43.0 Å². The molecule has 6 heteroatoms. The summed E-state index contributed by atoms with van der Waals surface area (Å²) in [5.41, 5.74) is 2.95. The molecule has 1 aliphatic heterocycles. The van der Waals surface area contributed by atoms with Crippen LogP contribution < -0.4 is 10.1 Å². The average molecular weight is 390 g/mol. The minimum absolute atomic E-state index is 0.0650. The van der Waals surface area contributed by atoms with E-state index < -0.39 is 0 Å². The van der Waals surface area contributed by atoms with Crippen LogP contribution in [-0.2, 0) is 4.79 Å². The summed E-state index contributed by atoms with van der Waals surface area (Å²) in [5.74, 6) is 1.42. The zero-order valence-electron chi connectivity index (χ0n) is 17.1. The molecule has 1 fully saturated rings. The number of fused-ring (bicyclic) bond motifs is 1. The number of anilines is 1.